The molecule has 1 aromatic heterocycles. The van der Waals surface area contributed by atoms with Gasteiger partial charge in [-0.2, -0.15) is 0 Å². The van der Waals surface area contributed by atoms with Crippen molar-refractivity contribution in [2.75, 3.05) is 12.8 Å². The Morgan fingerprint density at radius 3 is 2.74 bits per heavy atom. The summed E-state index contributed by atoms with van der Waals surface area (Å²) in [6.45, 7) is 2.45. The van der Waals surface area contributed by atoms with E-state index in [1.54, 1.807) is 11.9 Å². The largest absolute Gasteiger partial charge is 0.341 e. The van der Waals surface area contributed by atoms with Crippen molar-refractivity contribution in [1.82, 2.24) is 20.1 Å². The van der Waals surface area contributed by atoms with Crippen LogP contribution in [-0.4, -0.2) is 38.8 Å². The molecule has 0 bridgehead atoms. The first-order chi connectivity index (χ1) is 9.15. The van der Waals surface area contributed by atoms with Crippen molar-refractivity contribution in [2.24, 2.45) is 0 Å². The van der Waals surface area contributed by atoms with Gasteiger partial charge >= 0.3 is 0 Å². The Morgan fingerprint density at radius 2 is 2.11 bits per heavy atom. The molecule has 1 aromatic carbocycles. The lowest BCUT2D eigenvalue weighted by molar-refractivity contribution is -0.127. The molecule has 2 rings (SSSR count). The molecule has 0 saturated heterocycles. The van der Waals surface area contributed by atoms with Gasteiger partial charge in [0.1, 0.15) is 5.82 Å². The van der Waals surface area contributed by atoms with Crippen LogP contribution >= 0.6 is 11.8 Å². The molecule has 0 aliphatic rings. The molecule has 0 radical (unpaired) electrons. The van der Waals surface area contributed by atoms with Gasteiger partial charge in [0, 0.05) is 13.6 Å². The minimum Gasteiger partial charge on any atom is -0.341 e. The summed E-state index contributed by atoms with van der Waals surface area (Å²) in [4.78, 5) is 17.8. The molecule has 0 fully saturated rings. The number of hydrogen-bond acceptors (Lipinski definition) is 4. The van der Waals surface area contributed by atoms with Gasteiger partial charge in [-0.3, -0.25) is 9.89 Å². The highest BCUT2D eigenvalue weighted by molar-refractivity contribution is 7.99. The third-order valence-corrected chi connectivity index (χ3v) is 3.42. The molecule has 0 unspecified atom stereocenters. The van der Waals surface area contributed by atoms with Crippen molar-refractivity contribution >= 4 is 17.7 Å². The molecule has 0 aliphatic heterocycles. The molecule has 0 saturated carbocycles. The number of aryl methyl sites for hydroxylation is 1. The van der Waals surface area contributed by atoms with Crippen LogP contribution in [-0.2, 0) is 11.3 Å². The van der Waals surface area contributed by atoms with Crippen molar-refractivity contribution in [2.45, 2.75) is 18.6 Å². The standard InChI is InChI=1S/C13H16N4OS/c1-10-14-13(16-15-10)19-9-12(18)17(2)8-11-6-4-3-5-7-11/h3-7H,8-9H2,1-2H3,(H,14,15,16). The molecule has 0 aliphatic carbocycles. The maximum absolute atomic E-state index is 12.0. The zero-order valence-electron chi connectivity index (χ0n) is 11.0. The molecule has 0 spiro atoms. The number of benzene rings is 1. The van der Waals surface area contributed by atoms with E-state index in [-0.39, 0.29) is 5.91 Å². The molecule has 100 valence electrons. The summed E-state index contributed by atoms with van der Waals surface area (Å²) in [6.07, 6.45) is 0. The molecule has 1 amide bonds. The second-order valence-corrected chi connectivity index (χ2v) is 5.17. The maximum Gasteiger partial charge on any atom is 0.233 e. The topological polar surface area (TPSA) is 61.9 Å². The first kappa shape index (κ1) is 13.6. The van der Waals surface area contributed by atoms with Crippen LogP contribution in [0, 0.1) is 6.92 Å². The lowest BCUT2D eigenvalue weighted by Gasteiger charge is -2.16. The van der Waals surface area contributed by atoms with E-state index < -0.39 is 0 Å². The smallest absolute Gasteiger partial charge is 0.233 e. The van der Waals surface area contributed by atoms with Gasteiger partial charge in [0.15, 0.2) is 0 Å². The predicted molar refractivity (Wildman–Crippen MR) is 74.8 cm³/mol. The van der Waals surface area contributed by atoms with E-state index in [0.717, 1.165) is 11.4 Å². The fourth-order valence-electron chi connectivity index (χ4n) is 1.57. The summed E-state index contributed by atoms with van der Waals surface area (Å²) in [6, 6.07) is 9.93. The summed E-state index contributed by atoms with van der Waals surface area (Å²) in [7, 11) is 1.80. The first-order valence-electron chi connectivity index (χ1n) is 5.95. The quantitative estimate of drug-likeness (QED) is 0.847. The normalized spacial score (nSPS) is 10.4. The van der Waals surface area contributed by atoms with E-state index in [9.17, 15) is 4.79 Å². The van der Waals surface area contributed by atoms with Crippen LogP contribution in [0.25, 0.3) is 0 Å². The number of carbonyl (C=O) groups excluding carboxylic acids is 1. The number of aromatic nitrogens is 3. The minimum atomic E-state index is 0.0660. The number of nitrogens with one attached hydrogen (secondary N) is 1. The zero-order valence-corrected chi connectivity index (χ0v) is 11.8. The number of hydrogen-bond donors (Lipinski definition) is 1. The molecule has 2 aromatic rings. The van der Waals surface area contributed by atoms with Crippen LogP contribution < -0.4 is 0 Å². The van der Waals surface area contributed by atoms with Crippen LogP contribution in [0.3, 0.4) is 0 Å². The Hall–Kier alpha value is -1.82. The van der Waals surface area contributed by atoms with Crippen LogP contribution in [0.4, 0.5) is 0 Å². The third kappa shape index (κ3) is 4.10. The van der Waals surface area contributed by atoms with Crippen molar-refractivity contribution in [3.8, 4) is 0 Å². The Morgan fingerprint density at radius 1 is 1.37 bits per heavy atom. The summed E-state index contributed by atoms with van der Waals surface area (Å²) in [5, 5.41) is 7.35. The predicted octanol–water partition coefficient (Wildman–Crippen LogP) is 1.86. The lowest BCUT2D eigenvalue weighted by Crippen LogP contribution is -2.27. The number of aromatic amines is 1. The molecule has 1 heterocycles. The Bertz CT molecular complexity index is 541. The van der Waals surface area contributed by atoms with Crippen LogP contribution in [0.5, 0.6) is 0 Å². The summed E-state index contributed by atoms with van der Waals surface area (Å²) in [5.74, 6) is 1.17. The van der Waals surface area contributed by atoms with Crippen LogP contribution in [0.15, 0.2) is 35.5 Å². The second kappa shape index (κ2) is 6.38. The van der Waals surface area contributed by atoms with Crippen LogP contribution in [0.2, 0.25) is 0 Å². The van der Waals surface area contributed by atoms with Gasteiger partial charge in [0.2, 0.25) is 11.1 Å². The highest BCUT2D eigenvalue weighted by Gasteiger charge is 2.11. The fourth-order valence-corrected chi connectivity index (χ4v) is 2.35. The van der Waals surface area contributed by atoms with Gasteiger partial charge < -0.3 is 4.90 Å². The highest BCUT2D eigenvalue weighted by Crippen LogP contribution is 2.13. The van der Waals surface area contributed by atoms with Gasteiger partial charge in [-0.05, 0) is 12.5 Å². The van der Waals surface area contributed by atoms with Gasteiger partial charge in [-0.15, -0.1) is 5.10 Å². The van der Waals surface area contributed by atoms with Crippen molar-refractivity contribution in [3.63, 3.8) is 0 Å². The average Bonchev–Trinajstić information content (AvgIpc) is 2.83. The van der Waals surface area contributed by atoms with Crippen molar-refractivity contribution in [1.29, 1.82) is 0 Å². The summed E-state index contributed by atoms with van der Waals surface area (Å²) in [5.41, 5.74) is 1.12. The average molecular weight is 276 g/mol. The number of thioether (sulfide) groups is 1. The molecule has 1 N–H and O–H groups in total. The van der Waals surface area contributed by atoms with E-state index in [1.165, 1.54) is 11.8 Å². The second-order valence-electron chi connectivity index (χ2n) is 4.23. The highest BCUT2D eigenvalue weighted by atomic mass is 32.2. The zero-order chi connectivity index (χ0) is 13.7. The maximum atomic E-state index is 12.0. The Balaban J connectivity index is 1.82. The van der Waals surface area contributed by atoms with Gasteiger partial charge in [-0.25, -0.2) is 4.98 Å². The van der Waals surface area contributed by atoms with E-state index in [4.69, 9.17) is 0 Å². The number of H-pyrrole nitrogens is 1. The summed E-state index contributed by atoms with van der Waals surface area (Å²) >= 11 is 1.34. The minimum absolute atomic E-state index is 0.0660. The van der Waals surface area contributed by atoms with Gasteiger partial charge in [0.05, 0.1) is 5.75 Å². The third-order valence-electron chi connectivity index (χ3n) is 2.59. The fraction of sp³-hybridized carbons (Fsp3) is 0.308. The number of carbonyl (C=O) groups is 1. The SMILES string of the molecule is Cc1nc(SCC(=O)N(C)Cc2ccccc2)n[nH]1. The molecule has 6 heteroatoms. The summed E-state index contributed by atoms with van der Waals surface area (Å²) < 4.78 is 0. The molecular formula is C13H16N4OS. The first-order valence-corrected chi connectivity index (χ1v) is 6.93. The number of nitrogens with zero attached hydrogens (tertiary/aromatic N) is 3. The van der Waals surface area contributed by atoms with Crippen molar-refractivity contribution in [3.05, 3.63) is 41.7 Å². The van der Waals surface area contributed by atoms with Gasteiger partial charge in [-0.1, -0.05) is 42.1 Å². The lowest BCUT2D eigenvalue weighted by atomic mass is 10.2. The van der Waals surface area contributed by atoms with E-state index in [0.29, 0.717) is 17.5 Å². The molecule has 0 atom stereocenters. The molecule has 19 heavy (non-hydrogen) atoms. The molecular weight excluding hydrogens is 260 g/mol. The van der Waals surface area contributed by atoms with Crippen LogP contribution in [0.1, 0.15) is 11.4 Å². The van der Waals surface area contributed by atoms with E-state index in [1.807, 2.05) is 37.3 Å². The monoisotopic (exact) mass is 276 g/mol. The Labute approximate surface area is 116 Å². The Kier molecular flexibility index (Phi) is 4.57. The van der Waals surface area contributed by atoms with Gasteiger partial charge in [0.25, 0.3) is 0 Å². The van der Waals surface area contributed by atoms with E-state index in [2.05, 4.69) is 15.2 Å². The number of amides is 1. The van der Waals surface area contributed by atoms with E-state index >= 15 is 0 Å². The number of rotatable bonds is 5. The van der Waals surface area contributed by atoms with Crippen molar-refractivity contribution < 1.29 is 4.79 Å². The molecule has 5 nitrogen and oxygen atoms in total.